The molecule has 0 spiro atoms. The van der Waals surface area contributed by atoms with Crippen molar-refractivity contribution in [2.24, 2.45) is 0 Å². The lowest BCUT2D eigenvalue weighted by Gasteiger charge is -2.21. The normalized spacial score (nSPS) is 16.6. The number of nitrogens with one attached hydrogen (secondary N) is 1. The topological polar surface area (TPSA) is 38.3 Å². The Morgan fingerprint density at radius 3 is 2.79 bits per heavy atom. The van der Waals surface area contributed by atoms with Gasteiger partial charge in [-0.3, -0.25) is 0 Å². The fourth-order valence-electron chi connectivity index (χ4n) is 1.58. The third-order valence-electron chi connectivity index (χ3n) is 2.27. The highest BCUT2D eigenvalue weighted by atomic mass is 127. The number of carbonyl (C=O) groups is 1. The number of amides is 1. The summed E-state index contributed by atoms with van der Waals surface area (Å²) in [6.07, 6.45) is 5.51. The van der Waals surface area contributed by atoms with E-state index in [0.717, 1.165) is 12.8 Å². The van der Waals surface area contributed by atoms with Crippen LogP contribution in [0.25, 0.3) is 0 Å². The first-order chi connectivity index (χ1) is 6.83. The van der Waals surface area contributed by atoms with E-state index in [-0.39, 0.29) is 12.7 Å². The molecule has 1 amide bonds. The summed E-state index contributed by atoms with van der Waals surface area (Å²) in [5, 5.41) is 2.85. The van der Waals surface area contributed by atoms with Crippen molar-refractivity contribution in [2.45, 2.75) is 38.1 Å². The fourth-order valence-corrected chi connectivity index (χ4v) is 1.74. The molecule has 0 aliphatic heterocycles. The minimum atomic E-state index is -0.337. The van der Waals surface area contributed by atoms with E-state index >= 15 is 0 Å². The Bertz CT molecular complexity index is 238. The lowest BCUT2D eigenvalue weighted by atomic mass is 9.96. The second kappa shape index (κ2) is 6.93. The molecular weight excluding hydrogens is 293 g/mol. The van der Waals surface area contributed by atoms with Gasteiger partial charge in [0.2, 0.25) is 0 Å². The molecule has 0 aromatic rings. The van der Waals surface area contributed by atoms with Crippen molar-refractivity contribution < 1.29 is 9.53 Å². The second-order valence-corrected chi connectivity index (χ2v) is 3.87. The zero-order valence-electron chi connectivity index (χ0n) is 8.01. The summed E-state index contributed by atoms with van der Waals surface area (Å²) in [6.45, 7) is 0.182. The molecule has 78 valence electrons. The monoisotopic (exact) mass is 307 g/mol. The molecular formula is C10H14INO2. The highest BCUT2D eigenvalue weighted by Crippen LogP contribution is 2.17. The van der Waals surface area contributed by atoms with Gasteiger partial charge < -0.3 is 10.1 Å². The Kier molecular flexibility index (Phi) is 5.76. The van der Waals surface area contributed by atoms with E-state index < -0.39 is 0 Å². The average molecular weight is 307 g/mol. The van der Waals surface area contributed by atoms with Crippen LogP contribution in [0.15, 0.2) is 0 Å². The van der Waals surface area contributed by atoms with Crippen molar-refractivity contribution in [2.75, 3.05) is 6.61 Å². The lowest BCUT2D eigenvalue weighted by Crippen LogP contribution is -2.36. The van der Waals surface area contributed by atoms with Crippen LogP contribution in [0.3, 0.4) is 0 Å². The Hall–Kier alpha value is -0.440. The van der Waals surface area contributed by atoms with Crippen LogP contribution in [0.5, 0.6) is 0 Å². The summed E-state index contributed by atoms with van der Waals surface area (Å²) in [5.74, 6) is 2.67. The number of hydrogen-bond donors (Lipinski definition) is 1. The number of ether oxygens (including phenoxy) is 1. The van der Waals surface area contributed by atoms with Gasteiger partial charge in [0, 0.05) is 28.6 Å². The molecule has 0 unspecified atom stereocenters. The number of hydrogen-bond acceptors (Lipinski definition) is 2. The highest BCUT2D eigenvalue weighted by Gasteiger charge is 2.15. The first-order valence-corrected chi connectivity index (χ1v) is 5.92. The molecule has 0 aromatic carbocycles. The van der Waals surface area contributed by atoms with Crippen LogP contribution in [0.2, 0.25) is 0 Å². The zero-order valence-corrected chi connectivity index (χ0v) is 10.2. The van der Waals surface area contributed by atoms with Gasteiger partial charge in [-0.1, -0.05) is 25.2 Å². The van der Waals surface area contributed by atoms with Gasteiger partial charge in [0.15, 0.2) is 6.61 Å². The molecule has 4 heteroatoms. The van der Waals surface area contributed by atoms with Crippen LogP contribution in [0.4, 0.5) is 4.79 Å². The largest absolute Gasteiger partial charge is 0.436 e. The van der Waals surface area contributed by atoms with Gasteiger partial charge in [0.1, 0.15) is 0 Å². The van der Waals surface area contributed by atoms with Crippen molar-refractivity contribution in [1.82, 2.24) is 5.32 Å². The first-order valence-electron chi connectivity index (χ1n) is 4.84. The Morgan fingerprint density at radius 2 is 2.14 bits per heavy atom. The van der Waals surface area contributed by atoms with Crippen molar-refractivity contribution in [1.29, 1.82) is 0 Å². The van der Waals surface area contributed by atoms with E-state index in [4.69, 9.17) is 4.74 Å². The molecule has 0 atom stereocenters. The van der Waals surface area contributed by atoms with Crippen LogP contribution in [0, 0.1) is 9.85 Å². The summed E-state index contributed by atoms with van der Waals surface area (Å²) in [4.78, 5) is 11.2. The minimum absolute atomic E-state index is 0.182. The predicted octanol–water partition coefficient (Wildman–Crippen LogP) is 2.44. The Morgan fingerprint density at radius 1 is 1.43 bits per heavy atom. The van der Waals surface area contributed by atoms with Gasteiger partial charge >= 0.3 is 6.09 Å². The summed E-state index contributed by atoms with van der Waals surface area (Å²) >= 11 is 1.92. The van der Waals surface area contributed by atoms with Crippen molar-refractivity contribution in [3.63, 3.8) is 0 Å². The van der Waals surface area contributed by atoms with Gasteiger partial charge in [-0.2, -0.15) is 0 Å². The second-order valence-electron chi connectivity index (χ2n) is 3.33. The Balaban J connectivity index is 2.14. The summed E-state index contributed by atoms with van der Waals surface area (Å²) < 4.78 is 7.50. The van der Waals surface area contributed by atoms with Crippen molar-refractivity contribution >= 4 is 28.7 Å². The summed E-state index contributed by atoms with van der Waals surface area (Å²) in [5.41, 5.74) is 0. The molecule has 0 bridgehead atoms. The summed E-state index contributed by atoms with van der Waals surface area (Å²) in [6, 6.07) is 0.309. The van der Waals surface area contributed by atoms with Crippen LogP contribution in [-0.4, -0.2) is 18.7 Å². The van der Waals surface area contributed by atoms with Gasteiger partial charge in [-0.15, -0.1) is 0 Å². The van der Waals surface area contributed by atoms with E-state index in [2.05, 4.69) is 15.2 Å². The highest BCUT2D eigenvalue weighted by molar-refractivity contribution is 14.1. The van der Waals surface area contributed by atoms with E-state index in [1.54, 1.807) is 0 Å². The predicted molar refractivity (Wildman–Crippen MR) is 63.2 cm³/mol. The number of carbonyl (C=O) groups excluding carboxylic acids is 1. The lowest BCUT2D eigenvalue weighted by molar-refractivity contribution is 0.152. The zero-order chi connectivity index (χ0) is 10.2. The maximum atomic E-state index is 11.2. The third kappa shape index (κ3) is 4.70. The number of rotatable bonds is 2. The number of halogens is 1. The van der Waals surface area contributed by atoms with Crippen molar-refractivity contribution in [3.05, 3.63) is 0 Å². The van der Waals surface area contributed by atoms with E-state index in [1.165, 1.54) is 19.3 Å². The quantitative estimate of drug-likeness (QED) is 0.628. The molecule has 1 rings (SSSR count). The van der Waals surface area contributed by atoms with E-state index in [9.17, 15) is 4.79 Å². The molecule has 1 N–H and O–H groups in total. The van der Waals surface area contributed by atoms with E-state index in [0.29, 0.717) is 6.04 Å². The molecule has 0 radical (unpaired) electrons. The standard InChI is InChI=1S/C10H14INO2/c11-7-4-8-14-10(13)12-9-5-2-1-3-6-9/h9H,1-3,5-6,8H2,(H,12,13). The van der Waals surface area contributed by atoms with Gasteiger partial charge in [0.25, 0.3) is 0 Å². The maximum absolute atomic E-state index is 11.2. The molecule has 0 saturated heterocycles. The van der Waals surface area contributed by atoms with Gasteiger partial charge in [-0.25, -0.2) is 4.79 Å². The fraction of sp³-hybridized carbons (Fsp3) is 0.700. The minimum Gasteiger partial charge on any atom is -0.436 e. The Labute approximate surface area is 98.1 Å². The molecule has 1 aliphatic rings. The molecule has 14 heavy (non-hydrogen) atoms. The molecule has 1 aliphatic carbocycles. The molecule has 1 saturated carbocycles. The smallest absolute Gasteiger partial charge is 0.408 e. The summed E-state index contributed by atoms with van der Waals surface area (Å²) in [7, 11) is 0. The SMILES string of the molecule is O=C(NC1CCCCC1)OCC#CI. The number of alkyl carbamates (subject to hydrolysis) is 1. The molecule has 0 heterocycles. The van der Waals surface area contributed by atoms with Gasteiger partial charge in [-0.05, 0) is 16.8 Å². The molecule has 1 fully saturated rings. The average Bonchev–Trinajstić information content (AvgIpc) is 2.20. The van der Waals surface area contributed by atoms with Crippen LogP contribution >= 0.6 is 22.6 Å². The van der Waals surface area contributed by atoms with Crippen LogP contribution in [0.1, 0.15) is 32.1 Å². The van der Waals surface area contributed by atoms with Crippen LogP contribution in [-0.2, 0) is 4.74 Å². The molecule has 0 aromatic heterocycles. The van der Waals surface area contributed by atoms with Crippen molar-refractivity contribution in [3.8, 4) is 9.85 Å². The molecule has 3 nitrogen and oxygen atoms in total. The third-order valence-corrected chi connectivity index (χ3v) is 2.65. The maximum Gasteiger partial charge on any atom is 0.408 e. The van der Waals surface area contributed by atoms with Gasteiger partial charge in [0.05, 0.1) is 0 Å². The first kappa shape index (κ1) is 11.6. The van der Waals surface area contributed by atoms with E-state index in [1.807, 2.05) is 22.6 Å². The van der Waals surface area contributed by atoms with Crippen LogP contribution < -0.4 is 5.32 Å².